The van der Waals surface area contributed by atoms with Crippen molar-refractivity contribution in [3.8, 4) is 0 Å². The van der Waals surface area contributed by atoms with Gasteiger partial charge >= 0.3 is 0 Å². The van der Waals surface area contributed by atoms with Crippen molar-refractivity contribution in [3.05, 3.63) is 29.9 Å². The van der Waals surface area contributed by atoms with Crippen LogP contribution in [0.2, 0.25) is 0 Å². The fraction of sp³-hybridized carbons (Fsp3) is 0.300. The third kappa shape index (κ3) is 2.92. The first-order chi connectivity index (χ1) is 6.75. The Bertz CT molecular complexity index is 310. The number of aromatic nitrogens is 1. The van der Waals surface area contributed by atoms with Crippen molar-refractivity contribution in [2.45, 2.75) is 0 Å². The van der Waals surface area contributed by atoms with Gasteiger partial charge in [-0.05, 0) is 12.1 Å². The second kappa shape index (κ2) is 5.50. The van der Waals surface area contributed by atoms with Crippen molar-refractivity contribution >= 4 is 23.1 Å². The molecule has 3 nitrogen and oxygen atoms in total. The van der Waals surface area contributed by atoms with E-state index in [0.717, 1.165) is 11.5 Å². The highest BCUT2D eigenvalue weighted by Gasteiger charge is 2.02. The van der Waals surface area contributed by atoms with Crippen molar-refractivity contribution in [1.82, 2.24) is 4.98 Å². The van der Waals surface area contributed by atoms with E-state index in [4.69, 9.17) is 11.6 Å². The highest BCUT2D eigenvalue weighted by molar-refractivity contribution is 6.25. The number of pyridine rings is 1. The Hall–Kier alpha value is -1.22. The minimum atomic E-state index is 0.704. The van der Waals surface area contributed by atoms with Crippen LogP contribution in [0, 0.1) is 0 Å². The lowest BCUT2D eigenvalue weighted by atomic mass is 10.3. The van der Waals surface area contributed by atoms with Crippen LogP contribution in [0.15, 0.2) is 29.9 Å². The molecule has 0 atom stereocenters. The first-order valence-electron chi connectivity index (χ1n) is 4.37. The van der Waals surface area contributed by atoms with Gasteiger partial charge < -0.3 is 10.2 Å². The summed E-state index contributed by atoms with van der Waals surface area (Å²) in [5.41, 5.74) is 2.51. The normalized spacial score (nSPS) is 10.5. The molecule has 1 N–H and O–H groups in total. The number of nitrogens with zero attached hydrogens (tertiary/aromatic N) is 2. The number of rotatable bonds is 4. The second-order valence-electron chi connectivity index (χ2n) is 3.01. The van der Waals surface area contributed by atoms with E-state index in [9.17, 15) is 0 Å². The van der Waals surface area contributed by atoms with Gasteiger partial charge in [0.1, 0.15) is 0 Å². The van der Waals surface area contributed by atoms with Gasteiger partial charge in [-0.15, -0.1) is 0 Å². The van der Waals surface area contributed by atoms with Crippen molar-refractivity contribution in [2.24, 2.45) is 0 Å². The lowest BCUT2D eigenvalue weighted by Crippen LogP contribution is -2.13. The van der Waals surface area contributed by atoms with Gasteiger partial charge in [0.05, 0.1) is 5.69 Å². The highest BCUT2D eigenvalue weighted by Crippen LogP contribution is 2.19. The summed E-state index contributed by atoms with van der Waals surface area (Å²) in [4.78, 5) is 6.23. The molecule has 0 fully saturated rings. The predicted octanol–water partition coefficient (Wildman–Crippen LogP) is 2.31. The number of hydrogen-bond acceptors (Lipinski definition) is 3. The fourth-order valence-electron chi connectivity index (χ4n) is 1.10. The molecule has 1 aromatic heterocycles. The summed E-state index contributed by atoms with van der Waals surface area (Å²) >= 11 is 5.42. The molecule has 76 valence electrons. The topological polar surface area (TPSA) is 28.2 Å². The zero-order chi connectivity index (χ0) is 10.4. The summed E-state index contributed by atoms with van der Waals surface area (Å²) in [6.07, 6.45) is 3.62. The monoisotopic (exact) mass is 211 g/mol. The summed E-state index contributed by atoms with van der Waals surface area (Å²) in [6, 6.07) is 3.89. The van der Waals surface area contributed by atoms with Gasteiger partial charge in [-0.1, -0.05) is 17.7 Å². The van der Waals surface area contributed by atoms with Crippen molar-refractivity contribution < 1.29 is 0 Å². The van der Waals surface area contributed by atoms with E-state index in [1.54, 1.807) is 6.20 Å². The Morgan fingerprint density at radius 1 is 1.57 bits per heavy atom. The smallest absolute Gasteiger partial charge is 0.151 e. The molecule has 14 heavy (non-hydrogen) atoms. The molecule has 0 unspecified atom stereocenters. The quantitative estimate of drug-likeness (QED) is 0.829. The van der Waals surface area contributed by atoms with E-state index in [1.807, 2.05) is 37.2 Å². The number of halogens is 1. The Balaban J connectivity index is 2.74. The average Bonchev–Trinajstić information content (AvgIpc) is 2.19. The number of anilines is 2. The van der Waals surface area contributed by atoms with E-state index in [-0.39, 0.29) is 0 Å². The summed E-state index contributed by atoms with van der Waals surface area (Å²) in [5.74, 6) is 0.926. The van der Waals surface area contributed by atoms with Gasteiger partial charge in [0.2, 0.25) is 0 Å². The SMILES string of the molecule is CN(C)c1ncccc1NC/C=C/Cl. The predicted molar refractivity (Wildman–Crippen MR) is 62.0 cm³/mol. The van der Waals surface area contributed by atoms with Crippen molar-refractivity contribution in [2.75, 3.05) is 30.9 Å². The standard InChI is InChI=1S/C10H14ClN3/c1-14(2)10-9(5-3-7-13-10)12-8-4-6-11/h3-7,12H,8H2,1-2H3/b6-4+. The Kier molecular flexibility index (Phi) is 4.26. The van der Waals surface area contributed by atoms with Crippen molar-refractivity contribution in [1.29, 1.82) is 0 Å². The van der Waals surface area contributed by atoms with Crippen LogP contribution in [0.3, 0.4) is 0 Å². The molecule has 0 aromatic carbocycles. The molecule has 0 amide bonds. The lowest BCUT2D eigenvalue weighted by molar-refractivity contribution is 1.06. The maximum Gasteiger partial charge on any atom is 0.151 e. The average molecular weight is 212 g/mol. The minimum absolute atomic E-state index is 0.704. The van der Waals surface area contributed by atoms with Gasteiger partial charge in [-0.25, -0.2) is 4.98 Å². The first kappa shape index (κ1) is 10.9. The van der Waals surface area contributed by atoms with E-state index in [2.05, 4.69) is 10.3 Å². The molecule has 0 spiro atoms. The Morgan fingerprint density at radius 2 is 2.36 bits per heavy atom. The third-order valence-electron chi connectivity index (χ3n) is 1.71. The van der Waals surface area contributed by atoms with Crippen LogP contribution in [-0.2, 0) is 0 Å². The molecule has 1 rings (SSSR count). The molecule has 0 saturated carbocycles. The van der Waals surface area contributed by atoms with Crippen LogP contribution in [0.5, 0.6) is 0 Å². The Labute approximate surface area is 89.4 Å². The van der Waals surface area contributed by atoms with Crippen LogP contribution in [0.1, 0.15) is 0 Å². The van der Waals surface area contributed by atoms with Crippen LogP contribution in [0.4, 0.5) is 11.5 Å². The molecule has 0 saturated heterocycles. The molecular weight excluding hydrogens is 198 g/mol. The molecular formula is C10H14ClN3. The van der Waals surface area contributed by atoms with Gasteiger partial charge in [0.25, 0.3) is 0 Å². The van der Waals surface area contributed by atoms with E-state index < -0.39 is 0 Å². The lowest BCUT2D eigenvalue weighted by Gasteiger charge is -2.15. The Morgan fingerprint density at radius 3 is 3.00 bits per heavy atom. The highest BCUT2D eigenvalue weighted by atomic mass is 35.5. The largest absolute Gasteiger partial charge is 0.379 e. The third-order valence-corrected chi connectivity index (χ3v) is 1.89. The van der Waals surface area contributed by atoms with E-state index in [0.29, 0.717) is 6.54 Å². The summed E-state index contributed by atoms with van der Waals surface area (Å²) in [5, 5.41) is 3.22. The summed E-state index contributed by atoms with van der Waals surface area (Å²) < 4.78 is 0. The zero-order valence-corrected chi connectivity index (χ0v) is 9.12. The molecule has 0 bridgehead atoms. The van der Waals surface area contributed by atoms with E-state index >= 15 is 0 Å². The van der Waals surface area contributed by atoms with Crippen LogP contribution >= 0.6 is 11.6 Å². The minimum Gasteiger partial charge on any atom is -0.379 e. The van der Waals surface area contributed by atoms with Gasteiger partial charge in [-0.3, -0.25) is 0 Å². The summed E-state index contributed by atoms with van der Waals surface area (Å²) in [6.45, 7) is 0.704. The number of hydrogen-bond donors (Lipinski definition) is 1. The van der Waals surface area contributed by atoms with Gasteiger partial charge in [-0.2, -0.15) is 0 Å². The number of nitrogens with one attached hydrogen (secondary N) is 1. The van der Waals surface area contributed by atoms with Crippen LogP contribution < -0.4 is 10.2 Å². The molecule has 0 radical (unpaired) electrons. The molecule has 4 heteroatoms. The first-order valence-corrected chi connectivity index (χ1v) is 4.80. The second-order valence-corrected chi connectivity index (χ2v) is 3.26. The van der Waals surface area contributed by atoms with Crippen LogP contribution in [-0.4, -0.2) is 25.6 Å². The van der Waals surface area contributed by atoms with Crippen molar-refractivity contribution in [3.63, 3.8) is 0 Å². The molecule has 0 aliphatic carbocycles. The molecule has 0 aliphatic heterocycles. The maximum absolute atomic E-state index is 5.42. The van der Waals surface area contributed by atoms with Crippen LogP contribution in [0.25, 0.3) is 0 Å². The maximum atomic E-state index is 5.42. The van der Waals surface area contributed by atoms with Gasteiger partial charge in [0, 0.05) is 32.4 Å². The van der Waals surface area contributed by atoms with Gasteiger partial charge in [0.15, 0.2) is 5.82 Å². The summed E-state index contributed by atoms with van der Waals surface area (Å²) in [7, 11) is 3.93. The zero-order valence-electron chi connectivity index (χ0n) is 8.37. The molecule has 1 heterocycles. The molecule has 0 aliphatic rings. The molecule has 1 aromatic rings. The fourth-order valence-corrected chi connectivity index (χ4v) is 1.19. The van der Waals surface area contributed by atoms with E-state index in [1.165, 1.54) is 5.54 Å².